The molecular weight excluding hydrogens is 240 g/mol. The van der Waals surface area contributed by atoms with Crippen molar-refractivity contribution in [2.45, 2.75) is 0 Å². The summed E-state index contributed by atoms with van der Waals surface area (Å²) >= 11 is 0. The van der Waals surface area contributed by atoms with Gasteiger partial charge in [-0.25, -0.2) is 0 Å². The van der Waals surface area contributed by atoms with Gasteiger partial charge >= 0.3 is 0 Å². The molecule has 0 radical (unpaired) electrons. The zero-order valence-electron chi connectivity index (χ0n) is 24.0. The molecule has 0 unspecified atom stereocenters. The first-order valence-corrected chi connectivity index (χ1v) is 5.75. The van der Waals surface area contributed by atoms with Crippen LogP contribution in [0.15, 0.2) is 84.6 Å². The van der Waals surface area contributed by atoms with E-state index in [1.54, 1.807) is 0 Å². The van der Waals surface area contributed by atoms with Crippen molar-refractivity contribution >= 4 is 21.5 Å². The summed E-state index contributed by atoms with van der Waals surface area (Å²) < 4.78 is 115. The fourth-order valence-corrected chi connectivity index (χ4v) is 2.06. The summed E-state index contributed by atoms with van der Waals surface area (Å²) in [5, 5.41) is -1.50. The van der Waals surface area contributed by atoms with Crippen LogP contribution >= 0.6 is 0 Å². The van der Waals surface area contributed by atoms with Crippen molar-refractivity contribution in [2.24, 2.45) is 0 Å². The highest BCUT2D eigenvalue weighted by Gasteiger charge is 2.08. The summed E-state index contributed by atoms with van der Waals surface area (Å²) in [6.07, 6.45) is 0. The number of benzene rings is 4. The molecule has 0 aliphatic carbocycles. The van der Waals surface area contributed by atoms with Crippen LogP contribution in [-0.2, 0) is 0 Å². The van der Waals surface area contributed by atoms with Gasteiger partial charge in [-0.2, -0.15) is 0 Å². The Kier molecular flexibility index (Phi) is 0.890. The molecule has 4 aromatic carbocycles. The number of hydrogen-bond donors (Lipinski definition) is 0. The average Bonchev–Trinajstić information content (AvgIpc) is 2.81. The van der Waals surface area contributed by atoms with E-state index in [1.807, 2.05) is 0 Å². The first kappa shape index (κ1) is 3.95. The van der Waals surface area contributed by atoms with Gasteiger partial charge in [0.05, 0.1) is 19.2 Å². The van der Waals surface area contributed by atoms with Crippen molar-refractivity contribution in [3.05, 3.63) is 84.6 Å². The molecule has 0 aliphatic heterocycles. The first-order valence-electron chi connectivity index (χ1n) is 12.8. The maximum atomic E-state index is 8.63. The fraction of sp³-hybridized carbons (Fsp3) is 0. The number of fused-ring (bicyclic) bond motifs is 2. The van der Waals surface area contributed by atoms with Gasteiger partial charge in [-0.05, 0) is 38.7 Å². The van der Waals surface area contributed by atoms with Gasteiger partial charge in [-0.3, -0.25) is 0 Å². The highest BCUT2D eigenvalue weighted by Crippen LogP contribution is 2.35. The van der Waals surface area contributed by atoms with E-state index in [9.17, 15) is 0 Å². The van der Waals surface area contributed by atoms with Crippen LogP contribution in [0, 0.1) is 0 Å². The summed E-state index contributed by atoms with van der Waals surface area (Å²) in [7, 11) is 0. The van der Waals surface area contributed by atoms with Crippen molar-refractivity contribution in [3.63, 3.8) is 0 Å². The maximum Gasteiger partial charge on any atom is 0.0636 e. The van der Waals surface area contributed by atoms with Gasteiger partial charge in [0, 0.05) is 0 Å². The second-order valence-electron chi connectivity index (χ2n) is 4.00. The molecular formula is C20H14. The molecule has 4 rings (SSSR count). The fourth-order valence-electron chi connectivity index (χ4n) is 2.06. The van der Waals surface area contributed by atoms with Crippen molar-refractivity contribution in [2.75, 3.05) is 0 Å². The predicted molar refractivity (Wildman–Crippen MR) is 86.9 cm³/mol. The lowest BCUT2D eigenvalue weighted by atomic mass is 9.92. The number of hydrogen-bond acceptors (Lipinski definition) is 0. The van der Waals surface area contributed by atoms with E-state index >= 15 is 0 Å². The summed E-state index contributed by atoms with van der Waals surface area (Å²) in [6.45, 7) is 0. The summed E-state index contributed by atoms with van der Waals surface area (Å²) in [5.41, 5.74) is -0.868. The quantitative estimate of drug-likeness (QED) is 0.391. The topological polar surface area (TPSA) is 0 Å². The third-order valence-corrected chi connectivity index (χ3v) is 2.88. The molecule has 0 N–H and O–H groups in total. The van der Waals surface area contributed by atoms with Crippen LogP contribution in [0.2, 0.25) is 0 Å². The van der Waals surface area contributed by atoms with Gasteiger partial charge in [0.15, 0.2) is 0 Å². The van der Waals surface area contributed by atoms with Crippen LogP contribution in [0.1, 0.15) is 19.2 Å². The maximum absolute atomic E-state index is 8.63. The van der Waals surface area contributed by atoms with E-state index in [-0.39, 0.29) is 27.1 Å². The minimum atomic E-state index is -0.728. The SMILES string of the molecule is [2H]c1c([2H])c([2H])c(-c2c3c([2H])c([2H])c([2H])c([2H])c3c([2H])c3c([2H])c([2H])c([2H])c([2H])c23)c([2H])c1[2H]. The summed E-state index contributed by atoms with van der Waals surface area (Å²) in [6, 6.07) is -9.57. The monoisotopic (exact) mass is 268 g/mol. The van der Waals surface area contributed by atoms with Gasteiger partial charge in [-0.1, -0.05) is 78.6 Å². The summed E-state index contributed by atoms with van der Waals surface area (Å²) in [5.74, 6) is 0. The van der Waals surface area contributed by atoms with Crippen LogP contribution in [0.4, 0.5) is 0 Å². The van der Waals surface area contributed by atoms with E-state index in [4.69, 9.17) is 19.2 Å². The van der Waals surface area contributed by atoms with E-state index in [0.29, 0.717) is 0 Å². The third-order valence-electron chi connectivity index (χ3n) is 2.88. The molecule has 94 valence electrons. The number of rotatable bonds is 1. The molecule has 20 heavy (non-hydrogen) atoms. The van der Waals surface area contributed by atoms with Crippen molar-refractivity contribution in [1.82, 2.24) is 0 Å². The molecule has 0 aliphatic rings. The zero-order valence-corrected chi connectivity index (χ0v) is 10.0. The average molecular weight is 268 g/mol. The summed E-state index contributed by atoms with van der Waals surface area (Å²) in [4.78, 5) is 0. The smallest absolute Gasteiger partial charge is 0.0622 e. The van der Waals surface area contributed by atoms with Crippen molar-refractivity contribution in [3.8, 4) is 11.1 Å². The lowest BCUT2D eigenvalue weighted by molar-refractivity contribution is 1.67. The molecule has 0 fully saturated rings. The van der Waals surface area contributed by atoms with Crippen LogP contribution in [0.3, 0.4) is 0 Å². The normalized spacial score (nSPS) is 20.8. The van der Waals surface area contributed by atoms with Gasteiger partial charge in [0.25, 0.3) is 0 Å². The van der Waals surface area contributed by atoms with Gasteiger partial charge in [0.1, 0.15) is 0 Å². The van der Waals surface area contributed by atoms with Crippen LogP contribution in [0.25, 0.3) is 32.7 Å². The molecule has 4 aromatic rings. The van der Waals surface area contributed by atoms with Crippen LogP contribution in [-0.4, -0.2) is 0 Å². The van der Waals surface area contributed by atoms with Crippen molar-refractivity contribution in [1.29, 1.82) is 0 Å². The van der Waals surface area contributed by atoms with Crippen molar-refractivity contribution < 1.29 is 19.2 Å². The van der Waals surface area contributed by atoms with E-state index in [2.05, 4.69) is 0 Å². The minimum absolute atomic E-state index is 0.368. The Hall–Kier alpha value is -2.60. The molecule has 0 heteroatoms. The Balaban J connectivity index is 2.55. The van der Waals surface area contributed by atoms with Gasteiger partial charge in [-0.15, -0.1) is 0 Å². The highest BCUT2D eigenvalue weighted by molar-refractivity contribution is 6.12. The second-order valence-corrected chi connectivity index (χ2v) is 4.00. The minimum Gasteiger partial charge on any atom is -0.0622 e. The van der Waals surface area contributed by atoms with E-state index < -0.39 is 90.2 Å². The Labute approximate surface area is 138 Å². The molecule has 0 atom stereocenters. The molecule has 0 bridgehead atoms. The molecule has 0 saturated heterocycles. The van der Waals surface area contributed by atoms with Gasteiger partial charge in [0.2, 0.25) is 0 Å². The molecule has 0 amide bonds. The molecule has 0 nitrogen and oxygen atoms in total. The molecule has 0 saturated carbocycles. The Morgan fingerprint density at radius 2 is 1.05 bits per heavy atom. The Morgan fingerprint density at radius 3 is 1.65 bits per heavy atom. The van der Waals surface area contributed by atoms with Gasteiger partial charge < -0.3 is 0 Å². The molecule has 0 spiro atoms. The predicted octanol–water partition coefficient (Wildman–Crippen LogP) is 5.66. The largest absolute Gasteiger partial charge is 0.0636 e. The lowest BCUT2D eigenvalue weighted by Gasteiger charge is -2.11. The van der Waals surface area contributed by atoms with E-state index in [1.165, 1.54) is 0 Å². The standard InChI is InChI=1S/C20H14/c1-2-8-15(9-3-1)20-18-12-6-4-10-16(18)14-17-11-5-7-13-19(17)20/h1-14H/i1D,2D,3D,4D,5D,6D,7D,8D,9D,10D,11D,12D,13D,14D. The Bertz CT molecular complexity index is 1480. The molecule has 0 heterocycles. The second kappa shape index (κ2) is 4.50. The third kappa shape index (κ3) is 1.70. The first-order chi connectivity index (χ1) is 15.7. The molecule has 0 aromatic heterocycles. The van der Waals surface area contributed by atoms with Crippen LogP contribution < -0.4 is 0 Å². The van der Waals surface area contributed by atoms with Crippen LogP contribution in [0.5, 0.6) is 0 Å². The van der Waals surface area contributed by atoms with E-state index in [0.717, 1.165) is 0 Å². The lowest BCUT2D eigenvalue weighted by Crippen LogP contribution is -1.84. The highest BCUT2D eigenvalue weighted by atomic mass is 14.1. The zero-order chi connectivity index (χ0) is 25.5. The Morgan fingerprint density at radius 1 is 0.550 bits per heavy atom.